The summed E-state index contributed by atoms with van der Waals surface area (Å²) >= 11 is 0. The van der Waals surface area contributed by atoms with Crippen molar-refractivity contribution in [2.45, 2.75) is 33.1 Å². The zero-order valence-corrected chi connectivity index (χ0v) is 8.42. The number of aromatic amines is 1. The van der Waals surface area contributed by atoms with Crippen molar-refractivity contribution in [3.63, 3.8) is 0 Å². The summed E-state index contributed by atoms with van der Waals surface area (Å²) in [6.07, 6.45) is 0. The van der Waals surface area contributed by atoms with Gasteiger partial charge in [-0.2, -0.15) is 5.10 Å². The normalized spacial score (nSPS) is 12.6. The largest absolute Gasteiger partial charge is 0.326 e. The predicted molar refractivity (Wildman–Crippen MR) is 50.8 cm³/mol. The van der Waals surface area contributed by atoms with Gasteiger partial charge in [-0.15, -0.1) is 9.73 Å². The van der Waals surface area contributed by atoms with Crippen molar-refractivity contribution >= 4 is 5.65 Å². The minimum atomic E-state index is 0.0858. The second-order valence-corrected chi connectivity index (χ2v) is 4.36. The Kier molecular flexibility index (Phi) is 1.49. The van der Waals surface area contributed by atoms with Crippen molar-refractivity contribution in [3.05, 3.63) is 17.6 Å². The van der Waals surface area contributed by atoms with E-state index in [0.717, 1.165) is 17.2 Å². The van der Waals surface area contributed by atoms with E-state index in [4.69, 9.17) is 0 Å². The van der Waals surface area contributed by atoms with Crippen molar-refractivity contribution in [2.24, 2.45) is 0 Å². The molecular weight excluding hydrogens is 164 g/mol. The Labute approximate surface area is 77.0 Å². The maximum atomic E-state index is 4.38. The molecule has 0 radical (unpaired) electrons. The highest BCUT2D eigenvalue weighted by Gasteiger charge is 2.18. The van der Waals surface area contributed by atoms with E-state index in [1.807, 2.05) is 13.0 Å². The fourth-order valence-electron chi connectivity index (χ4n) is 1.25. The van der Waals surface area contributed by atoms with Crippen molar-refractivity contribution < 1.29 is 0 Å². The third-order valence-corrected chi connectivity index (χ3v) is 2.01. The maximum Gasteiger partial charge on any atom is 0.155 e. The van der Waals surface area contributed by atoms with Crippen LogP contribution in [-0.4, -0.2) is 19.8 Å². The number of nitrogens with zero attached hydrogens (tertiary/aromatic N) is 3. The minimum absolute atomic E-state index is 0.0858. The molecule has 0 saturated carbocycles. The zero-order valence-electron chi connectivity index (χ0n) is 8.42. The molecular formula is C9H14N4. The Morgan fingerprint density at radius 2 is 2.00 bits per heavy atom. The first-order valence-corrected chi connectivity index (χ1v) is 4.40. The number of rotatable bonds is 0. The van der Waals surface area contributed by atoms with Crippen LogP contribution in [0.3, 0.4) is 0 Å². The molecule has 2 heterocycles. The lowest BCUT2D eigenvalue weighted by Crippen LogP contribution is -2.12. The van der Waals surface area contributed by atoms with Gasteiger partial charge in [0.1, 0.15) is 5.82 Å². The molecule has 0 aliphatic carbocycles. The van der Waals surface area contributed by atoms with Gasteiger partial charge in [0.25, 0.3) is 0 Å². The van der Waals surface area contributed by atoms with E-state index in [9.17, 15) is 0 Å². The second-order valence-electron chi connectivity index (χ2n) is 4.36. The number of aryl methyl sites for hydroxylation is 1. The van der Waals surface area contributed by atoms with Crippen LogP contribution in [0.15, 0.2) is 6.07 Å². The van der Waals surface area contributed by atoms with E-state index < -0.39 is 0 Å². The summed E-state index contributed by atoms with van der Waals surface area (Å²) in [4.78, 5) is 3.14. The summed E-state index contributed by atoms with van der Waals surface area (Å²) in [7, 11) is 0. The van der Waals surface area contributed by atoms with E-state index in [2.05, 4.69) is 36.0 Å². The van der Waals surface area contributed by atoms with Gasteiger partial charge in [-0.1, -0.05) is 20.8 Å². The van der Waals surface area contributed by atoms with Gasteiger partial charge in [0, 0.05) is 11.5 Å². The molecule has 0 aromatic carbocycles. The molecule has 0 spiro atoms. The van der Waals surface area contributed by atoms with Crippen LogP contribution < -0.4 is 0 Å². The third kappa shape index (κ3) is 1.32. The summed E-state index contributed by atoms with van der Waals surface area (Å²) in [6, 6.07) is 2.04. The van der Waals surface area contributed by atoms with E-state index in [-0.39, 0.29) is 5.41 Å². The number of nitrogens with one attached hydrogen (secondary N) is 1. The Morgan fingerprint density at radius 3 is 2.54 bits per heavy atom. The van der Waals surface area contributed by atoms with E-state index in [1.54, 1.807) is 4.63 Å². The van der Waals surface area contributed by atoms with E-state index >= 15 is 0 Å². The number of hydrogen-bond acceptors (Lipinski definition) is 2. The van der Waals surface area contributed by atoms with Crippen LogP contribution >= 0.6 is 0 Å². The zero-order chi connectivity index (χ0) is 9.64. The lowest BCUT2D eigenvalue weighted by atomic mass is 9.93. The molecule has 0 bridgehead atoms. The van der Waals surface area contributed by atoms with Crippen molar-refractivity contribution in [3.8, 4) is 0 Å². The molecule has 0 fully saturated rings. The molecule has 0 unspecified atom stereocenters. The Hall–Kier alpha value is -1.32. The highest BCUT2D eigenvalue weighted by atomic mass is 15.5. The summed E-state index contributed by atoms with van der Waals surface area (Å²) in [5.41, 5.74) is 2.11. The molecule has 2 rings (SSSR count). The van der Waals surface area contributed by atoms with Crippen LogP contribution in [-0.2, 0) is 5.41 Å². The smallest absolute Gasteiger partial charge is 0.155 e. The van der Waals surface area contributed by atoms with Gasteiger partial charge in [-0.05, 0) is 6.92 Å². The van der Waals surface area contributed by atoms with Gasteiger partial charge in [0.05, 0.1) is 5.69 Å². The van der Waals surface area contributed by atoms with E-state index in [1.165, 1.54) is 0 Å². The lowest BCUT2D eigenvalue weighted by molar-refractivity contribution is 0.556. The summed E-state index contributed by atoms with van der Waals surface area (Å²) < 4.78 is 1.65. The molecule has 0 saturated heterocycles. The Morgan fingerprint density at radius 1 is 1.31 bits per heavy atom. The lowest BCUT2D eigenvalue weighted by Gasteiger charge is -2.13. The quantitative estimate of drug-likeness (QED) is 0.667. The molecule has 4 heteroatoms. The average Bonchev–Trinajstić information content (AvgIpc) is 2.40. The SMILES string of the molecule is Cc1nn2nc(C(C)(C)C)cc2[nH]1. The molecule has 4 nitrogen and oxygen atoms in total. The Balaban J connectivity index is 2.57. The van der Waals surface area contributed by atoms with Crippen LogP contribution in [0, 0.1) is 6.92 Å². The van der Waals surface area contributed by atoms with Gasteiger partial charge in [-0.25, -0.2) is 0 Å². The molecule has 2 aromatic rings. The summed E-state index contributed by atoms with van der Waals surface area (Å²) in [6.45, 7) is 8.34. The van der Waals surface area contributed by atoms with Crippen LogP contribution in [0.1, 0.15) is 32.3 Å². The first-order chi connectivity index (χ1) is 5.97. The highest BCUT2D eigenvalue weighted by molar-refractivity contribution is 5.39. The van der Waals surface area contributed by atoms with Crippen LogP contribution in [0.25, 0.3) is 5.65 Å². The minimum Gasteiger partial charge on any atom is -0.326 e. The predicted octanol–water partition coefficient (Wildman–Crippen LogP) is 1.66. The summed E-state index contributed by atoms with van der Waals surface area (Å²) in [5, 5.41) is 8.58. The average molecular weight is 178 g/mol. The van der Waals surface area contributed by atoms with Crippen molar-refractivity contribution in [1.82, 2.24) is 19.8 Å². The molecule has 1 N–H and O–H groups in total. The van der Waals surface area contributed by atoms with Crippen LogP contribution in [0.5, 0.6) is 0 Å². The number of aromatic nitrogens is 4. The Bertz CT molecular complexity index is 398. The van der Waals surface area contributed by atoms with Gasteiger partial charge in [0.2, 0.25) is 0 Å². The molecule has 0 aliphatic heterocycles. The number of fused-ring (bicyclic) bond motifs is 1. The first kappa shape index (κ1) is 8.29. The molecule has 0 atom stereocenters. The fourth-order valence-corrected chi connectivity index (χ4v) is 1.25. The van der Waals surface area contributed by atoms with Gasteiger partial charge >= 0.3 is 0 Å². The van der Waals surface area contributed by atoms with Crippen molar-refractivity contribution in [1.29, 1.82) is 0 Å². The van der Waals surface area contributed by atoms with Gasteiger partial charge in [0.15, 0.2) is 5.65 Å². The number of H-pyrrole nitrogens is 1. The topological polar surface area (TPSA) is 46.0 Å². The monoisotopic (exact) mass is 178 g/mol. The maximum absolute atomic E-state index is 4.38. The van der Waals surface area contributed by atoms with E-state index in [0.29, 0.717) is 0 Å². The standard InChI is InChI=1S/C9H14N4/c1-6-10-8-5-7(9(2,3)4)12-13(8)11-6/h5H,1-4H3,(H,10,11). The van der Waals surface area contributed by atoms with Crippen LogP contribution in [0.4, 0.5) is 0 Å². The van der Waals surface area contributed by atoms with Crippen molar-refractivity contribution in [2.75, 3.05) is 0 Å². The first-order valence-electron chi connectivity index (χ1n) is 4.40. The molecule has 0 aliphatic rings. The third-order valence-electron chi connectivity index (χ3n) is 2.01. The molecule has 70 valence electrons. The molecule has 2 aromatic heterocycles. The second kappa shape index (κ2) is 2.34. The van der Waals surface area contributed by atoms with Gasteiger partial charge < -0.3 is 4.98 Å². The highest BCUT2D eigenvalue weighted by Crippen LogP contribution is 2.21. The van der Waals surface area contributed by atoms with Gasteiger partial charge in [-0.3, -0.25) is 0 Å². The van der Waals surface area contributed by atoms with Crippen LogP contribution in [0.2, 0.25) is 0 Å². The molecule has 13 heavy (non-hydrogen) atoms. The fraction of sp³-hybridized carbons (Fsp3) is 0.556. The molecule has 0 amide bonds. The number of hydrogen-bond donors (Lipinski definition) is 1. The summed E-state index contributed by atoms with van der Waals surface area (Å²) in [5.74, 6) is 0.892.